The van der Waals surface area contributed by atoms with Crippen molar-refractivity contribution in [2.24, 2.45) is 5.10 Å². The molecule has 0 saturated carbocycles. The number of hydrogen-bond donors (Lipinski definition) is 0. The lowest BCUT2D eigenvalue weighted by molar-refractivity contribution is -0.130. The van der Waals surface area contributed by atoms with E-state index in [-0.39, 0.29) is 11.8 Å². The molecule has 7 heteroatoms. The first-order valence-electron chi connectivity index (χ1n) is 7.26. The number of carbonyl (C=O) groups excluding carboxylic acids is 2. The minimum absolute atomic E-state index is 0.0646. The minimum Gasteiger partial charge on any atom is -0.308 e. The number of hydrazone groups is 1. The topological polar surface area (TPSA) is 70.8 Å². The quantitative estimate of drug-likeness (QED) is 0.788. The second kappa shape index (κ2) is 4.66. The number of fused-ring (bicyclic) bond motifs is 3. The van der Waals surface area contributed by atoms with Crippen LogP contribution in [-0.4, -0.2) is 45.7 Å². The van der Waals surface area contributed by atoms with E-state index in [4.69, 9.17) is 0 Å². The molecule has 2 aromatic rings. The number of imidazole rings is 1. The van der Waals surface area contributed by atoms with Crippen LogP contribution in [-0.2, 0) is 16.1 Å². The fourth-order valence-electron chi connectivity index (χ4n) is 2.96. The molecule has 112 valence electrons. The number of para-hydroxylation sites is 2. The van der Waals surface area contributed by atoms with Gasteiger partial charge >= 0.3 is 0 Å². The van der Waals surface area contributed by atoms with Crippen molar-refractivity contribution >= 4 is 34.5 Å². The number of nitrogens with zero attached hydrogens (tertiary/aromatic N) is 5. The second-order valence-electron chi connectivity index (χ2n) is 5.47. The second-order valence-corrected chi connectivity index (χ2v) is 5.47. The maximum absolute atomic E-state index is 12.7. The van der Waals surface area contributed by atoms with Gasteiger partial charge in [0.25, 0.3) is 5.91 Å². The van der Waals surface area contributed by atoms with Crippen molar-refractivity contribution in [3.63, 3.8) is 0 Å². The Hall–Kier alpha value is -2.70. The molecule has 0 atom stereocenters. The number of anilines is 1. The highest BCUT2D eigenvalue weighted by Crippen LogP contribution is 2.27. The third-order valence-electron chi connectivity index (χ3n) is 4.12. The average molecular weight is 297 g/mol. The van der Waals surface area contributed by atoms with Gasteiger partial charge in [-0.3, -0.25) is 14.5 Å². The Morgan fingerprint density at radius 2 is 2.00 bits per heavy atom. The summed E-state index contributed by atoms with van der Waals surface area (Å²) in [6.45, 7) is 1.31. The van der Waals surface area contributed by atoms with E-state index in [1.54, 1.807) is 11.9 Å². The zero-order valence-corrected chi connectivity index (χ0v) is 12.2. The first-order chi connectivity index (χ1) is 10.6. The van der Waals surface area contributed by atoms with E-state index in [1.807, 2.05) is 28.8 Å². The van der Waals surface area contributed by atoms with Crippen molar-refractivity contribution in [2.75, 3.05) is 18.5 Å². The van der Waals surface area contributed by atoms with E-state index in [2.05, 4.69) is 10.1 Å². The molecule has 2 aliphatic heterocycles. The summed E-state index contributed by atoms with van der Waals surface area (Å²) in [5, 5.41) is 5.35. The first-order valence-corrected chi connectivity index (χ1v) is 7.26. The molecular formula is C15H15N5O2. The number of hydrogen-bond acceptors (Lipinski definition) is 4. The monoisotopic (exact) mass is 297 g/mol. The maximum atomic E-state index is 12.7. The van der Waals surface area contributed by atoms with Crippen LogP contribution in [0.15, 0.2) is 29.4 Å². The number of amides is 2. The highest BCUT2D eigenvalue weighted by molar-refractivity contribution is 6.44. The predicted octanol–water partition coefficient (Wildman–Crippen LogP) is 0.991. The third kappa shape index (κ3) is 1.82. The molecule has 1 aromatic heterocycles. The molecule has 0 spiro atoms. The summed E-state index contributed by atoms with van der Waals surface area (Å²) in [5.41, 5.74) is 2.33. The van der Waals surface area contributed by atoms with Crippen LogP contribution in [0, 0.1) is 0 Å². The van der Waals surface area contributed by atoms with Crippen LogP contribution in [0.3, 0.4) is 0 Å². The van der Waals surface area contributed by atoms with Gasteiger partial charge in [-0.2, -0.15) is 5.10 Å². The normalized spacial score (nSPS) is 17.9. The smallest absolute Gasteiger partial charge is 0.276 e. The number of benzene rings is 1. The molecule has 0 radical (unpaired) electrons. The first kappa shape index (κ1) is 13.0. The van der Waals surface area contributed by atoms with Crippen LogP contribution in [0.2, 0.25) is 0 Å². The van der Waals surface area contributed by atoms with Crippen LogP contribution >= 0.6 is 0 Å². The largest absolute Gasteiger partial charge is 0.308 e. The van der Waals surface area contributed by atoms with Crippen LogP contribution in [0.4, 0.5) is 5.95 Å². The van der Waals surface area contributed by atoms with Crippen LogP contribution in [0.1, 0.15) is 12.8 Å². The molecule has 7 nitrogen and oxygen atoms in total. The molecule has 1 aromatic carbocycles. The molecule has 2 amide bonds. The summed E-state index contributed by atoms with van der Waals surface area (Å²) in [7, 11) is 1.58. The zero-order chi connectivity index (χ0) is 15.3. The Bertz CT molecular complexity index is 822. The molecule has 0 saturated heterocycles. The van der Waals surface area contributed by atoms with Gasteiger partial charge in [0.2, 0.25) is 11.9 Å². The van der Waals surface area contributed by atoms with E-state index in [0.717, 1.165) is 17.6 Å². The van der Waals surface area contributed by atoms with Crippen molar-refractivity contribution in [1.82, 2.24) is 14.6 Å². The van der Waals surface area contributed by atoms with Gasteiger partial charge < -0.3 is 4.57 Å². The highest BCUT2D eigenvalue weighted by atomic mass is 16.2. The minimum atomic E-state index is -0.159. The lowest BCUT2D eigenvalue weighted by atomic mass is 10.1. The van der Waals surface area contributed by atoms with Crippen molar-refractivity contribution < 1.29 is 9.59 Å². The van der Waals surface area contributed by atoms with Gasteiger partial charge in [0.1, 0.15) is 5.71 Å². The highest BCUT2D eigenvalue weighted by Gasteiger charge is 2.32. The van der Waals surface area contributed by atoms with Crippen molar-refractivity contribution in [3.8, 4) is 0 Å². The summed E-state index contributed by atoms with van der Waals surface area (Å²) in [6, 6.07) is 7.84. The number of rotatable bonds is 1. The summed E-state index contributed by atoms with van der Waals surface area (Å²) in [4.78, 5) is 30.4. The van der Waals surface area contributed by atoms with E-state index in [9.17, 15) is 9.59 Å². The van der Waals surface area contributed by atoms with Crippen molar-refractivity contribution in [2.45, 2.75) is 19.4 Å². The van der Waals surface area contributed by atoms with Gasteiger partial charge in [0, 0.05) is 33.0 Å². The van der Waals surface area contributed by atoms with Gasteiger partial charge in [-0.05, 0) is 12.1 Å². The fraction of sp³-hybridized carbons (Fsp3) is 0.333. The third-order valence-corrected chi connectivity index (χ3v) is 4.12. The Morgan fingerprint density at radius 1 is 1.18 bits per heavy atom. The fourth-order valence-corrected chi connectivity index (χ4v) is 2.96. The summed E-state index contributed by atoms with van der Waals surface area (Å²) in [5.74, 6) is 0.437. The Morgan fingerprint density at radius 3 is 2.82 bits per heavy atom. The van der Waals surface area contributed by atoms with Gasteiger partial charge in [-0.1, -0.05) is 12.1 Å². The van der Waals surface area contributed by atoms with Crippen molar-refractivity contribution in [1.29, 1.82) is 0 Å². The van der Waals surface area contributed by atoms with Gasteiger partial charge in [0.05, 0.1) is 11.0 Å². The molecule has 22 heavy (non-hydrogen) atoms. The van der Waals surface area contributed by atoms with Gasteiger partial charge in [-0.25, -0.2) is 9.99 Å². The molecule has 3 heterocycles. The summed E-state index contributed by atoms with van der Waals surface area (Å²) in [6.07, 6.45) is 0.712. The number of carbonyl (C=O) groups is 2. The molecule has 0 aliphatic carbocycles. The van der Waals surface area contributed by atoms with Crippen molar-refractivity contribution in [3.05, 3.63) is 24.3 Å². The molecular weight excluding hydrogens is 282 g/mol. The van der Waals surface area contributed by atoms with E-state index in [0.29, 0.717) is 31.0 Å². The Kier molecular flexibility index (Phi) is 2.75. The lowest BCUT2D eigenvalue weighted by Crippen LogP contribution is -2.40. The van der Waals surface area contributed by atoms with E-state index < -0.39 is 0 Å². The van der Waals surface area contributed by atoms with Gasteiger partial charge in [-0.15, -0.1) is 0 Å². The average Bonchev–Trinajstić information content (AvgIpc) is 3.08. The van der Waals surface area contributed by atoms with E-state index >= 15 is 0 Å². The van der Waals surface area contributed by atoms with Crippen LogP contribution in [0.25, 0.3) is 11.0 Å². The summed E-state index contributed by atoms with van der Waals surface area (Å²) >= 11 is 0. The van der Waals surface area contributed by atoms with Crippen LogP contribution in [0.5, 0.6) is 0 Å². The molecule has 2 aliphatic rings. The predicted molar refractivity (Wildman–Crippen MR) is 81.5 cm³/mol. The maximum Gasteiger partial charge on any atom is 0.276 e. The molecule has 0 unspecified atom stereocenters. The van der Waals surface area contributed by atoms with E-state index in [1.165, 1.54) is 5.01 Å². The number of aromatic nitrogens is 2. The molecule has 0 N–H and O–H groups in total. The molecule has 0 fully saturated rings. The van der Waals surface area contributed by atoms with Gasteiger partial charge in [0.15, 0.2) is 0 Å². The Labute approximate surface area is 126 Å². The summed E-state index contributed by atoms with van der Waals surface area (Å²) < 4.78 is 2.05. The SMILES string of the molecule is CN1N=C(C(=O)N2CCn3c2nc2ccccc23)CCC1=O. The molecule has 0 bridgehead atoms. The standard InChI is InChI=1S/C15H15N5O2/c1-18-13(21)7-6-11(17-18)14(22)20-9-8-19-12-5-3-2-4-10(12)16-15(19)20/h2-5H,6-9H2,1H3. The Balaban J connectivity index is 1.70. The van der Waals surface area contributed by atoms with Crippen LogP contribution < -0.4 is 4.90 Å². The lowest BCUT2D eigenvalue weighted by Gasteiger charge is -2.21. The molecule has 4 rings (SSSR count). The zero-order valence-electron chi connectivity index (χ0n) is 12.2.